The molecule has 1 nitrogen and oxygen atoms in total. The van der Waals surface area contributed by atoms with Crippen LogP contribution in [0.5, 0.6) is 5.75 Å². The fourth-order valence-electron chi connectivity index (χ4n) is 1.36. The fourth-order valence-corrected chi connectivity index (χ4v) is 1.73. The first-order chi connectivity index (χ1) is 8.15. The number of rotatable bonds is 3. The molecule has 0 aliphatic carbocycles. The van der Waals surface area contributed by atoms with Gasteiger partial charge in [0.2, 0.25) is 0 Å². The topological polar surface area (TPSA) is 9.23 Å². The van der Waals surface area contributed by atoms with E-state index in [4.69, 9.17) is 4.74 Å². The van der Waals surface area contributed by atoms with Crippen LogP contribution >= 0.6 is 15.9 Å². The molecular weight excluding hydrogens is 290 g/mol. The smallest absolute Gasteiger partial charge is 0.132 e. The lowest BCUT2D eigenvalue weighted by atomic mass is 10.2. The van der Waals surface area contributed by atoms with E-state index >= 15 is 0 Å². The Morgan fingerprint density at radius 3 is 2.59 bits per heavy atom. The molecule has 0 spiro atoms. The van der Waals surface area contributed by atoms with E-state index in [1.807, 2.05) is 12.1 Å². The summed E-state index contributed by atoms with van der Waals surface area (Å²) in [5.41, 5.74) is 0.325. The average molecular weight is 299 g/mol. The summed E-state index contributed by atoms with van der Waals surface area (Å²) in [6.45, 7) is 0.0720. The van der Waals surface area contributed by atoms with Crippen LogP contribution in [0.25, 0.3) is 0 Å². The van der Waals surface area contributed by atoms with Crippen molar-refractivity contribution in [2.45, 2.75) is 6.61 Å². The SMILES string of the molecule is Fc1ccc(COc2cccc(Br)c2)c(F)c1. The zero-order valence-corrected chi connectivity index (χ0v) is 10.4. The van der Waals surface area contributed by atoms with Crippen LogP contribution in [-0.2, 0) is 6.61 Å². The second-order valence-electron chi connectivity index (χ2n) is 3.48. The summed E-state index contributed by atoms with van der Waals surface area (Å²) in [4.78, 5) is 0. The highest BCUT2D eigenvalue weighted by molar-refractivity contribution is 9.10. The Hall–Kier alpha value is -1.42. The molecule has 0 aliphatic rings. The van der Waals surface area contributed by atoms with Crippen molar-refractivity contribution in [2.24, 2.45) is 0 Å². The van der Waals surface area contributed by atoms with Crippen LogP contribution in [0.2, 0.25) is 0 Å². The average Bonchev–Trinajstić information content (AvgIpc) is 2.28. The molecule has 0 radical (unpaired) electrons. The van der Waals surface area contributed by atoms with E-state index in [0.717, 1.165) is 10.5 Å². The molecule has 0 heterocycles. The lowest BCUT2D eigenvalue weighted by molar-refractivity contribution is 0.299. The highest BCUT2D eigenvalue weighted by Crippen LogP contribution is 2.19. The van der Waals surface area contributed by atoms with Crippen molar-refractivity contribution in [3.63, 3.8) is 0 Å². The van der Waals surface area contributed by atoms with Crippen LogP contribution in [0.1, 0.15) is 5.56 Å². The summed E-state index contributed by atoms with van der Waals surface area (Å²) < 4.78 is 32.3. The maximum absolute atomic E-state index is 13.3. The van der Waals surface area contributed by atoms with Crippen molar-refractivity contribution >= 4 is 15.9 Å². The van der Waals surface area contributed by atoms with Gasteiger partial charge in [0, 0.05) is 16.1 Å². The summed E-state index contributed by atoms with van der Waals surface area (Å²) >= 11 is 3.31. The molecule has 0 N–H and O–H groups in total. The van der Waals surface area contributed by atoms with Crippen LogP contribution in [-0.4, -0.2) is 0 Å². The quantitative estimate of drug-likeness (QED) is 0.820. The van der Waals surface area contributed by atoms with Crippen molar-refractivity contribution in [2.75, 3.05) is 0 Å². The Labute approximate surface area is 106 Å². The Morgan fingerprint density at radius 1 is 1.06 bits per heavy atom. The minimum Gasteiger partial charge on any atom is -0.489 e. The first-order valence-electron chi connectivity index (χ1n) is 4.97. The summed E-state index contributed by atoms with van der Waals surface area (Å²) in [6.07, 6.45) is 0. The molecule has 0 unspecified atom stereocenters. The van der Waals surface area contributed by atoms with Crippen molar-refractivity contribution < 1.29 is 13.5 Å². The number of hydrogen-bond acceptors (Lipinski definition) is 1. The van der Waals surface area contributed by atoms with Gasteiger partial charge in [-0.15, -0.1) is 0 Å². The van der Waals surface area contributed by atoms with Gasteiger partial charge >= 0.3 is 0 Å². The van der Waals surface area contributed by atoms with Crippen molar-refractivity contribution in [1.29, 1.82) is 0 Å². The molecule has 0 bridgehead atoms. The molecule has 0 aromatic heterocycles. The third-order valence-electron chi connectivity index (χ3n) is 2.21. The molecule has 2 rings (SSSR count). The molecule has 0 saturated heterocycles. The lowest BCUT2D eigenvalue weighted by Crippen LogP contribution is -1.98. The molecular formula is C13H9BrF2O. The number of benzene rings is 2. The van der Waals surface area contributed by atoms with E-state index in [-0.39, 0.29) is 6.61 Å². The van der Waals surface area contributed by atoms with E-state index in [0.29, 0.717) is 11.3 Å². The van der Waals surface area contributed by atoms with E-state index < -0.39 is 11.6 Å². The maximum Gasteiger partial charge on any atom is 0.132 e. The molecule has 0 atom stereocenters. The minimum atomic E-state index is -0.597. The monoisotopic (exact) mass is 298 g/mol. The Bertz CT molecular complexity index is 529. The first kappa shape index (κ1) is 12.0. The largest absolute Gasteiger partial charge is 0.489 e. The standard InChI is InChI=1S/C13H9BrF2O/c14-10-2-1-3-12(6-10)17-8-9-4-5-11(15)7-13(9)16/h1-7H,8H2. The van der Waals surface area contributed by atoms with Gasteiger partial charge in [0.05, 0.1) is 0 Å². The number of halogens is 3. The molecule has 0 saturated carbocycles. The van der Waals surface area contributed by atoms with Gasteiger partial charge < -0.3 is 4.74 Å². The highest BCUT2D eigenvalue weighted by atomic mass is 79.9. The molecule has 88 valence electrons. The van der Waals surface area contributed by atoms with Crippen molar-refractivity contribution in [3.8, 4) is 5.75 Å². The Morgan fingerprint density at radius 2 is 1.88 bits per heavy atom. The summed E-state index contributed by atoms with van der Waals surface area (Å²) in [6, 6.07) is 10.7. The van der Waals surface area contributed by atoms with Crippen LogP contribution < -0.4 is 4.74 Å². The van der Waals surface area contributed by atoms with Gasteiger partial charge in [-0.3, -0.25) is 0 Å². The molecule has 4 heteroatoms. The van der Waals surface area contributed by atoms with E-state index in [1.165, 1.54) is 12.1 Å². The normalized spacial score (nSPS) is 10.3. The predicted molar refractivity (Wildman–Crippen MR) is 64.8 cm³/mol. The predicted octanol–water partition coefficient (Wildman–Crippen LogP) is 4.31. The van der Waals surface area contributed by atoms with Gasteiger partial charge in [0.15, 0.2) is 0 Å². The van der Waals surface area contributed by atoms with E-state index in [9.17, 15) is 8.78 Å². The Balaban J connectivity index is 2.07. The summed E-state index contributed by atoms with van der Waals surface area (Å²) in [7, 11) is 0. The van der Waals surface area contributed by atoms with Crippen LogP contribution in [0.3, 0.4) is 0 Å². The van der Waals surface area contributed by atoms with Gasteiger partial charge in [0.25, 0.3) is 0 Å². The summed E-state index contributed by atoms with van der Waals surface area (Å²) in [5.74, 6) is -0.559. The van der Waals surface area contributed by atoms with Gasteiger partial charge in [-0.1, -0.05) is 22.0 Å². The van der Waals surface area contributed by atoms with Crippen LogP contribution in [0, 0.1) is 11.6 Å². The zero-order chi connectivity index (χ0) is 12.3. The van der Waals surface area contributed by atoms with Crippen molar-refractivity contribution in [1.82, 2.24) is 0 Å². The number of ether oxygens (including phenoxy) is 1. The number of hydrogen-bond donors (Lipinski definition) is 0. The molecule has 0 fully saturated rings. The zero-order valence-electron chi connectivity index (χ0n) is 8.79. The van der Waals surface area contributed by atoms with Gasteiger partial charge in [-0.05, 0) is 30.3 Å². The third kappa shape index (κ3) is 3.27. The van der Waals surface area contributed by atoms with E-state index in [1.54, 1.807) is 12.1 Å². The summed E-state index contributed by atoms with van der Waals surface area (Å²) in [5, 5.41) is 0. The molecule has 0 amide bonds. The molecule has 2 aromatic rings. The molecule has 17 heavy (non-hydrogen) atoms. The van der Waals surface area contributed by atoms with Gasteiger partial charge in [-0.2, -0.15) is 0 Å². The highest BCUT2D eigenvalue weighted by Gasteiger charge is 2.04. The Kier molecular flexibility index (Phi) is 3.74. The lowest BCUT2D eigenvalue weighted by Gasteiger charge is -2.07. The van der Waals surface area contributed by atoms with Crippen LogP contribution in [0.15, 0.2) is 46.9 Å². The fraction of sp³-hybridized carbons (Fsp3) is 0.0769. The van der Waals surface area contributed by atoms with Gasteiger partial charge in [-0.25, -0.2) is 8.78 Å². The van der Waals surface area contributed by atoms with Gasteiger partial charge in [0.1, 0.15) is 24.0 Å². The maximum atomic E-state index is 13.3. The van der Waals surface area contributed by atoms with Crippen LogP contribution in [0.4, 0.5) is 8.78 Å². The second-order valence-corrected chi connectivity index (χ2v) is 4.40. The second kappa shape index (κ2) is 5.27. The third-order valence-corrected chi connectivity index (χ3v) is 2.70. The minimum absolute atomic E-state index is 0.0720. The van der Waals surface area contributed by atoms with E-state index in [2.05, 4.69) is 15.9 Å². The molecule has 2 aromatic carbocycles. The first-order valence-corrected chi connectivity index (χ1v) is 5.77. The molecule has 0 aliphatic heterocycles. The van der Waals surface area contributed by atoms with Crippen molar-refractivity contribution in [3.05, 3.63) is 64.1 Å².